The molecule has 0 radical (unpaired) electrons. The van der Waals surface area contributed by atoms with Crippen LogP contribution in [0.2, 0.25) is 0 Å². The Bertz CT molecular complexity index is 1320. The van der Waals surface area contributed by atoms with E-state index in [0.717, 1.165) is 22.1 Å². The van der Waals surface area contributed by atoms with Crippen LogP contribution in [-0.2, 0) is 23.2 Å². The monoisotopic (exact) mass is 489 g/mol. The van der Waals surface area contributed by atoms with Crippen LogP contribution in [0.1, 0.15) is 36.1 Å². The third-order valence-electron chi connectivity index (χ3n) is 5.89. The highest BCUT2D eigenvalue weighted by Gasteiger charge is 2.60. The average molecular weight is 490 g/mol. The first-order valence-corrected chi connectivity index (χ1v) is 11.1. The number of carbonyl (C=O) groups is 1. The van der Waals surface area contributed by atoms with E-state index in [1.807, 2.05) is 55.5 Å². The first kappa shape index (κ1) is 20.3. The van der Waals surface area contributed by atoms with Gasteiger partial charge in [-0.15, -0.1) is 0 Å². The number of benzene rings is 2. The van der Waals surface area contributed by atoms with Crippen LogP contribution >= 0.6 is 15.9 Å². The molecule has 1 amide bonds. The highest BCUT2D eigenvalue weighted by molar-refractivity contribution is 9.10. The predicted molar refractivity (Wildman–Crippen MR) is 124 cm³/mol. The summed E-state index contributed by atoms with van der Waals surface area (Å²) in [5, 5.41) is 13.1. The number of nitrogens with zero attached hydrogens (tertiary/aromatic N) is 3. The average Bonchev–Trinajstić information content (AvgIpc) is 3.28. The summed E-state index contributed by atoms with van der Waals surface area (Å²) >= 11 is 3.49. The molecule has 2 aliphatic heterocycles. The van der Waals surface area contributed by atoms with Gasteiger partial charge < -0.3 is 20.4 Å². The molecule has 0 bridgehead atoms. The van der Waals surface area contributed by atoms with Crippen molar-refractivity contribution in [1.82, 2.24) is 4.98 Å². The third-order valence-corrected chi connectivity index (χ3v) is 6.38. The lowest BCUT2D eigenvalue weighted by atomic mass is 9.71. The van der Waals surface area contributed by atoms with E-state index in [0.29, 0.717) is 36.0 Å². The number of carbonyl (C=O) groups excluding carboxylic acids is 1. The molecule has 0 saturated heterocycles. The smallest absolute Gasteiger partial charge is 0.249 e. The fourth-order valence-electron chi connectivity index (χ4n) is 4.57. The zero-order valence-corrected chi connectivity index (χ0v) is 18.9. The molecular formula is C24H20BrN5O2. The maximum Gasteiger partial charge on any atom is 0.249 e. The number of anilines is 2. The lowest BCUT2D eigenvalue weighted by Gasteiger charge is -2.31. The Morgan fingerprint density at radius 2 is 2.09 bits per heavy atom. The van der Waals surface area contributed by atoms with Crippen molar-refractivity contribution in [3.8, 4) is 6.07 Å². The molecule has 1 spiro atoms. The van der Waals surface area contributed by atoms with Crippen LogP contribution in [0.15, 0.2) is 68.8 Å². The van der Waals surface area contributed by atoms with Gasteiger partial charge in [0.15, 0.2) is 11.3 Å². The molecule has 7 nitrogen and oxygen atoms in total. The maximum atomic E-state index is 14.2. The Morgan fingerprint density at radius 1 is 1.28 bits per heavy atom. The minimum Gasteiger partial charge on any atom is -0.425 e. The van der Waals surface area contributed by atoms with Gasteiger partial charge in [-0.1, -0.05) is 53.2 Å². The van der Waals surface area contributed by atoms with Crippen LogP contribution in [0.25, 0.3) is 0 Å². The molecule has 0 saturated carbocycles. The summed E-state index contributed by atoms with van der Waals surface area (Å²) in [7, 11) is 0. The summed E-state index contributed by atoms with van der Waals surface area (Å²) in [5.74, 6) is 0.661. The molecule has 5 rings (SSSR count). The van der Waals surface area contributed by atoms with E-state index >= 15 is 0 Å². The molecule has 32 heavy (non-hydrogen) atoms. The molecule has 3 N–H and O–H groups in total. The molecular weight excluding hydrogens is 470 g/mol. The van der Waals surface area contributed by atoms with E-state index in [1.54, 1.807) is 4.90 Å². The first-order chi connectivity index (χ1) is 15.5. The Morgan fingerprint density at radius 3 is 2.84 bits per heavy atom. The van der Waals surface area contributed by atoms with Gasteiger partial charge in [-0.3, -0.25) is 4.79 Å². The van der Waals surface area contributed by atoms with E-state index in [1.165, 1.54) is 0 Å². The van der Waals surface area contributed by atoms with Crippen molar-refractivity contribution >= 4 is 33.4 Å². The van der Waals surface area contributed by atoms with Crippen molar-refractivity contribution in [2.45, 2.75) is 31.7 Å². The fourth-order valence-corrected chi connectivity index (χ4v) is 5.02. The standard InChI is InChI=1S/C24H20BrN5O2/c1-2-6-19-28-20-22(32-19)29-21(27)17(12-26)24(20)16-9-3-4-10-18(16)30(23(24)31)13-14-7-5-8-15(25)11-14/h3-5,7-11,29H,2,6,13,27H2,1H3. The van der Waals surface area contributed by atoms with Crippen molar-refractivity contribution in [1.29, 1.82) is 5.26 Å². The van der Waals surface area contributed by atoms with Crippen molar-refractivity contribution in [2.24, 2.45) is 5.73 Å². The fraction of sp³-hybridized carbons (Fsp3) is 0.208. The Kier molecular flexibility index (Phi) is 4.79. The lowest BCUT2D eigenvalue weighted by Crippen LogP contribution is -2.46. The number of fused-ring (bicyclic) bond motifs is 4. The van der Waals surface area contributed by atoms with E-state index in [4.69, 9.17) is 10.2 Å². The summed E-state index contributed by atoms with van der Waals surface area (Å²) < 4.78 is 6.83. The Balaban J connectivity index is 1.75. The van der Waals surface area contributed by atoms with Crippen LogP contribution in [0.3, 0.4) is 0 Å². The van der Waals surface area contributed by atoms with Crippen LogP contribution in [0.5, 0.6) is 0 Å². The zero-order chi connectivity index (χ0) is 22.5. The number of halogens is 1. The van der Waals surface area contributed by atoms with Gasteiger partial charge in [-0.2, -0.15) is 5.26 Å². The third kappa shape index (κ3) is 2.78. The van der Waals surface area contributed by atoms with Crippen LogP contribution in [0, 0.1) is 11.3 Å². The number of para-hydroxylation sites is 1. The molecule has 1 aromatic heterocycles. The van der Waals surface area contributed by atoms with Gasteiger partial charge in [-0.25, -0.2) is 4.98 Å². The van der Waals surface area contributed by atoms with Crippen molar-refractivity contribution in [2.75, 3.05) is 10.2 Å². The van der Waals surface area contributed by atoms with Crippen LogP contribution in [-0.4, -0.2) is 10.9 Å². The minimum atomic E-state index is -1.45. The SMILES string of the molecule is CCCc1nc2c(o1)NC(N)=C(C#N)C21C(=O)N(Cc2cccc(Br)c2)c2ccccc21. The second-order valence-corrected chi connectivity index (χ2v) is 8.76. The van der Waals surface area contributed by atoms with Gasteiger partial charge in [0.25, 0.3) is 0 Å². The zero-order valence-electron chi connectivity index (χ0n) is 17.4. The lowest BCUT2D eigenvalue weighted by molar-refractivity contribution is -0.121. The summed E-state index contributed by atoms with van der Waals surface area (Å²) in [6.07, 6.45) is 1.45. The summed E-state index contributed by atoms with van der Waals surface area (Å²) in [4.78, 5) is 20.6. The number of oxazole rings is 1. The number of nitriles is 1. The van der Waals surface area contributed by atoms with Gasteiger partial charge in [0, 0.05) is 22.1 Å². The minimum absolute atomic E-state index is 0.103. The Hall–Kier alpha value is -3.57. The predicted octanol–water partition coefficient (Wildman–Crippen LogP) is 4.34. The maximum absolute atomic E-state index is 14.2. The molecule has 0 aliphatic carbocycles. The highest BCUT2D eigenvalue weighted by atomic mass is 79.9. The van der Waals surface area contributed by atoms with Crippen LogP contribution in [0.4, 0.5) is 11.6 Å². The number of hydrogen-bond donors (Lipinski definition) is 2. The van der Waals surface area contributed by atoms with Gasteiger partial charge in [0.1, 0.15) is 17.6 Å². The number of aromatic nitrogens is 1. The van der Waals surface area contributed by atoms with Gasteiger partial charge in [0.05, 0.1) is 12.1 Å². The van der Waals surface area contributed by atoms with Gasteiger partial charge >= 0.3 is 0 Å². The molecule has 0 fully saturated rings. The normalized spacial score (nSPS) is 19.0. The van der Waals surface area contributed by atoms with E-state index in [9.17, 15) is 10.1 Å². The molecule has 2 aliphatic rings. The number of nitrogens with two attached hydrogens (primary N) is 1. The topological polar surface area (TPSA) is 108 Å². The van der Waals surface area contributed by atoms with Crippen molar-refractivity contribution < 1.29 is 9.21 Å². The number of amides is 1. The molecule has 160 valence electrons. The molecule has 8 heteroatoms. The van der Waals surface area contributed by atoms with Gasteiger partial charge in [0.2, 0.25) is 11.8 Å². The molecule has 1 atom stereocenters. The van der Waals surface area contributed by atoms with E-state index in [2.05, 4.69) is 32.3 Å². The van der Waals surface area contributed by atoms with E-state index < -0.39 is 5.41 Å². The first-order valence-electron chi connectivity index (χ1n) is 10.3. The molecule has 2 aromatic carbocycles. The van der Waals surface area contributed by atoms with Gasteiger partial charge in [-0.05, 0) is 30.2 Å². The summed E-state index contributed by atoms with van der Waals surface area (Å²) in [6, 6.07) is 17.5. The quantitative estimate of drug-likeness (QED) is 0.564. The number of rotatable bonds is 4. The number of aryl methyl sites for hydroxylation is 1. The largest absolute Gasteiger partial charge is 0.425 e. The van der Waals surface area contributed by atoms with Crippen molar-refractivity contribution in [3.05, 3.63) is 87.1 Å². The van der Waals surface area contributed by atoms with Crippen LogP contribution < -0.4 is 16.0 Å². The summed E-state index contributed by atoms with van der Waals surface area (Å²) in [6.45, 7) is 2.37. The number of nitrogens with one attached hydrogen (secondary N) is 1. The van der Waals surface area contributed by atoms with E-state index in [-0.39, 0.29) is 17.3 Å². The van der Waals surface area contributed by atoms with Crippen molar-refractivity contribution in [3.63, 3.8) is 0 Å². The number of hydrogen-bond acceptors (Lipinski definition) is 6. The second-order valence-electron chi connectivity index (χ2n) is 7.85. The Labute approximate surface area is 193 Å². The molecule has 3 heterocycles. The molecule has 1 unspecified atom stereocenters. The second kappa shape index (κ2) is 7.53. The highest BCUT2D eigenvalue weighted by Crippen LogP contribution is 2.54. The molecule has 3 aromatic rings. The summed E-state index contributed by atoms with van der Waals surface area (Å²) in [5.41, 5.74) is 7.70.